The van der Waals surface area contributed by atoms with Crippen molar-refractivity contribution in [1.82, 2.24) is 10.2 Å². The molecular weight excluding hydrogens is 329 g/mol. The fourth-order valence-corrected chi connectivity index (χ4v) is 3.12. The summed E-state index contributed by atoms with van der Waals surface area (Å²) >= 11 is 13.3. The first-order chi connectivity index (χ1) is 10.1. The third kappa shape index (κ3) is 3.81. The quantitative estimate of drug-likeness (QED) is 0.841. The van der Waals surface area contributed by atoms with Crippen molar-refractivity contribution in [1.29, 1.82) is 0 Å². The Bertz CT molecular complexity index is 710. The molecule has 1 N–H and O–H groups in total. The van der Waals surface area contributed by atoms with Crippen molar-refractivity contribution in [2.45, 2.75) is 18.8 Å². The molecule has 1 saturated carbocycles. The summed E-state index contributed by atoms with van der Waals surface area (Å²) < 4.78 is 0. The van der Waals surface area contributed by atoms with Crippen LogP contribution < -0.4 is 5.32 Å². The zero-order chi connectivity index (χ0) is 14.8. The molecular formula is C14H11Cl2N3OS. The molecule has 7 heteroatoms. The van der Waals surface area contributed by atoms with E-state index in [4.69, 9.17) is 23.2 Å². The number of nitrogens with zero attached hydrogens (tertiary/aromatic N) is 2. The van der Waals surface area contributed by atoms with E-state index in [9.17, 15) is 4.79 Å². The maximum Gasteiger partial charge on any atom is 0.250 e. The molecule has 1 aliphatic rings. The number of hydrogen-bond donors (Lipinski definition) is 1. The van der Waals surface area contributed by atoms with Crippen molar-refractivity contribution < 1.29 is 4.79 Å². The summed E-state index contributed by atoms with van der Waals surface area (Å²) in [6, 6.07) is 5.11. The molecule has 0 atom stereocenters. The van der Waals surface area contributed by atoms with Crippen molar-refractivity contribution in [3.63, 3.8) is 0 Å². The Hall–Kier alpha value is -1.43. The fraction of sp³-hybridized carbons (Fsp3) is 0.214. The van der Waals surface area contributed by atoms with Crippen molar-refractivity contribution in [3.05, 3.63) is 44.9 Å². The minimum absolute atomic E-state index is 0.264. The Balaban J connectivity index is 1.63. The van der Waals surface area contributed by atoms with E-state index in [2.05, 4.69) is 15.5 Å². The molecule has 0 spiro atoms. The Morgan fingerprint density at radius 2 is 2.14 bits per heavy atom. The second-order valence-corrected chi connectivity index (χ2v) is 6.56. The molecule has 2 aromatic rings. The lowest BCUT2D eigenvalue weighted by Gasteiger charge is -1.99. The van der Waals surface area contributed by atoms with Gasteiger partial charge >= 0.3 is 0 Å². The van der Waals surface area contributed by atoms with Crippen LogP contribution in [-0.4, -0.2) is 16.1 Å². The summed E-state index contributed by atoms with van der Waals surface area (Å²) in [5.41, 5.74) is 0.729. The zero-order valence-corrected chi connectivity index (χ0v) is 13.2. The number of aromatic nitrogens is 2. The molecule has 1 aromatic carbocycles. The normalized spacial score (nSPS) is 14.6. The molecule has 4 nitrogen and oxygen atoms in total. The molecule has 108 valence electrons. The SMILES string of the molecule is O=C(/C=C/c1ccc(Cl)cc1Cl)Nc1nnc(C2CC2)s1. The van der Waals surface area contributed by atoms with Crippen molar-refractivity contribution in [2.24, 2.45) is 0 Å². The topological polar surface area (TPSA) is 54.9 Å². The molecule has 21 heavy (non-hydrogen) atoms. The molecule has 1 aromatic heterocycles. The van der Waals surface area contributed by atoms with E-state index in [1.807, 2.05) is 0 Å². The highest BCUT2D eigenvalue weighted by Gasteiger charge is 2.27. The minimum atomic E-state index is -0.264. The van der Waals surface area contributed by atoms with E-state index in [0.717, 1.165) is 23.4 Å². The van der Waals surface area contributed by atoms with Gasteiger partial charge in [-0.25, -0.2) is 0 Å². The van der Waals surface area contributed by atoms with Crippen LogP contribution in [0, 0.1) is 0 Å². The van der Waals surface area contributed by atoms with Gasteiger partial charge in [-0.15, -0.1) is 10.2 Å². The molecule has 0 aliphatic heterocycles. The van der Waals surface area contributed by atoms with Crippen LogP contribution >= 0.6 is 34.5 Å². The smallest absolute Gasteiger partial charge is 0.250 e. The first kappa shape index (κ1) is 14.5. The lowest BCUT2D eigenvalue weighted by Crippen LogP contribution is -2.07. The summed E-state index contributed by atoms with van der Waals surface area (Å²) in [5, 5.41) is 13.3. The summed E-state index contributed by atoms with van der Waals surface area (Å²) in [7, 11) is 0. The summed E-state index contributed by atoms with van der Waals surface area (Å²) in [4.78, 5) is 11.8. The fourth-order valence-electron chi connectivity index (χ4n) is 1.73. The average molecular weight is 340 g/mol. The number of hydrogen-bond acceptors (Lipinski definition) is 4. The van der Waals surface area contributed by atoms with Gasteiger partial charge in [-0.05, 0) is 36.6 Å². The molecule has 1 fully saturated rings. The van der Waals surface area contributed by atoms with E-state index < -0.39 is 0 Å². The van der Waals surface area contributed by atoms with Crippen LogP contribution in [0.2, 0.25) is 10.0 Å². The monoisotopic (exact) mass is 339 g/mol. The van der Waals surface area contributed by atoms with E-state index in [1.54, 1.807) is 24.3 Å². The number of anilines is 1. The standard InChI is InChI=1S/C14H11Cl2N3OS/c15-10-5-3-8(11(16)7-10)4-6-12(20)17-14-19-18-13(21-14)9-1-2-9/h3-7,9H,1-2H2,(H,17,19,20)/b6-4+. The van der Waals surface area contributed by atoms with Crippen LogP contribution in [0.15, 0.2) is 24.3 Å². The predicted octanol–water partition coefficient (Wildman–Crippen LogP) is 4.37. The maximum atomic E-state index is 11.8. The lowest BCUT2D eigenvalue weighted by atomic mass is 10.2. The number of carbonyl (C=O) groups is 1. The second-order valence-electron chi connectivity index (χ2n) is 4.71. The van der Waals surface area contributed by atoms with E-state index >= 15 is 0 Å². The Morgan fingerprint density at radius 3 is 2.86 bits per heavy atom. The summed E-state index contributed by atoms with van der Waals surface area (Å²) in [6.45, 7) is 0. The van der Waals surface area contributed by atoms with Crippen LogP contribution in [0.4, 0.5) is 5.13 Å². The molecule has 1 amide bonds. The van der Waals surface area contributed by atoms with Gasteiger partial charge in [0.05, 0.1) is 0 Å². The van der Waals surface area contributed by atoms with Gasteiger partial charge in [0.15, 0.2) is 0 Å². The molecule has 1 heterocycles. The van der Waals surface area contributed by atoms with Gasteiger partial charge in [0.2, 0.25) is 11.0 Å². The Kier molecular flexibility index (Phi) is 4.24. The molecule has 3 rings (SSSR count). The van der Waals surface area contributed by atoms with Crippen molar-refractivity contribution in [3.8, 4) is 0 Å². The van der Waals surface area contributed by atoms with Crippen LogP contribution in [-0.2, 0) is 4.79 Å². The summed E-state index contributed by atoms with van der Waals surface area (Å²) in [5.74, 6) is 0.274. The largest absolute Gasteiger partial charge is 0.297 e. The number of rotatable bonds is 4. The second kappa shape index (κ2) is 6.13. The number of halogens is 2. The van der Waals surface area contributed by atoms with Gasteiger partial charge in [0, 0.05) is 22.0 Å². The summed E-state index contributed by atoms with van der Waals surface area (Å²) in [6.07, 6.45) is 5.37. The molecule has 0 radical (unpaired) electrons. The van der Waals surface area contributed by atoms with Crippen LogP contribution in [0.5, 0.6) is 0 Å². The van der Waals surface area contributed by atoms with Gasteiger partial charge < -0.3 is 0 Å². The van der Waals surface area contributed by atoms with Crippen LogP contribution in [0.3, 0.4) is 0 Å². The van der Waals surface area contributed by atoms with E-state index in [-0.39, 0.29) is 5.91 Å². The van der Waals surface area contributed by atoms with Gasteiger partial charge in [-0.3, -0.25) is 10.1 Å². The van der Waals surface area contributed by atoms with Crippen LogP contribution in [0.25, 0.3) is 6.08 Å². The highest BCUT2D eigenvalue weighted by atomic mass is 35.5. The Morgan fingerprint density at radius 1 is 1.33 bits per heavy atom. The first-order valence-corrected chi connectivity index (χ1v) is 7.96. The highest BCUT2D eigenvalue weighted by molar-refractivity contribution is 7.15. The van der Waals surface area contributed by atoms with Crippen LogP contribution in [0.1, 0.15) is 29.3 Å². The Labute approximate surface area is 135 Å². The number of carbonyl (C=O) groups excluding carboxylic acids is 1. The first-order valence-electron chi connectivity index (χ1n) is 6.39. The van der Waals surface area contributed by atoms with E-state index in [1.165, 1.54) is 17.4 Å². The van der Waals surface area contributed by atoms with Gasteiger partial charge in [0.25, 0.3) is 0 Å². The van der Waals surface area contributed by atoms with Crippen molar-refractivity contribution in [2.75, 3.05) is 5.32 Å². The van der Waals surface area contributed by atoms with E-state index in [0.29, 0.717) is 21.1 Å². The number of amides is 1. The van der Waals surface area contributed by atoms with Gasteiger partial charge in [-0.1, -0.05) is 40.6 Å². The molecule has 0 saturated heterocycles. The molecule has 1 aliphatic carbocycles. The third-order valence-corrected chi connectivity index (χ3v) is 4.54. The predicted molar refractivity (Wildman–Crippen MR) is 86.0 cm³/mol. The minimum Gasteiger partial charge on any atom is -0.297 e. The highest BCUT2D eigenvalue weighted by Crippen LogP contribution is 2.42. The third-order valence-electron chi connectivity index (χ3n) is 2.97. The zero-order valence-electron chi connectivity index (χ0n) is 10.8. The van der Waals surface area contributed by atoms with Gasteiger partial charge in [0.1, 0.15) is 5.01 Å². The molecule has 0 bridgehead atoms. The average Bonchev–Trinajstić information content (AvgIpc) is 3.19. The lowest BCUT2D eigenvalue weighted by molar-refractivity contribution is -0.111. The maximum absolute atomic E-state index is 11.8. The number of nitrogens with one attached hydrogen (secondary N) is 1. The van der Waals surface area contributed by atoms with Crippen molar-refractivity contribution >= 4 is 51.7 Å². The van der Waals surface area contributed by atoms with Gasteiger partial charge in [-0.2, -0.15) is 0 Å². The number of benzene rings is 1. The molecule has 0 unspecified atom stereocenters.